The topological polar surface area (TPSA) is 6.48 Å². The highest BCUT2D eigenvalue weighted by atomic mass is 28.3. The first kappa shape index (κ1) is 14.2. The van der Waals surface area contributed by atoms with Crippen molar-refractivity contribution in [2.24, 2.45) is 0 Å². The van der Waals surface area contributed by atoms with Gasteiger partial charge in [0, 0.05) is 37.4 Å². The van der Waals surface area contributed by atoms with Gasteiger partial charge in [0.1, 0.15) is 8.07 Å². The molecule has 2 nitrogen and oxygen atoms in total. The summed E-state index contributed by atoms with van der Waals surface area (Å²) >= 11 is 0. The summed E-state index contributed by atoms with van der Waals surface area (Å²) in [5, 5.41) is 0. The molecule has 1 aliphatic rings. The number of hydrogen-bond acceptors (Lipinski definition) is 2. The van der Waals surface area contributed by atoms with Crippen LogP contribution in [-0.4, -0.2) is 46.2 Å². The Morgan fingerprint density at radius 2 is 1.53 bits per heavy atom. The van der Waals surface area contributed by atoms with Crippen LogP contribution in [0.2, 0.25) is 19.6 Å². The van der Waals surface area contributed by atoms with E-state index in [4.69, 9.17) is 0 Å². The smallest absolute Gasteiger partial charge is 0.129 e. The largest absolute Gasteiger partial charge is 0.369 e. The van der Waals surface area contributed by atoms with Crippen LogP contribution in [-0.2, 0) is 0 Å². The van der Waals surface area contributed by atoms with Gasteiger partial charge in [0.25, 0.3) is 0 Å². The first-order valence-corrected chi connectivity index (χ1v) is 10.5. The maximum atomic E-state index is 3.41. The van der Waals surface area contributed by atoms with Gasteiger partial charge < -0.3 is 9.80 Å². The lowest BCUT2D eigenvalue weighted by atomic mass is 10.2. The van der Waals surface area contributed by atoms with E-state index in [1.807, 2.05) is 0 Å². The van der Waals surface area contributed by atoms with E-state index in [1.54, 1.807) is 0 Å². The minimum atomic E-state index is -1.27. The molecule has 0 aliphatic carbocycles. The molecule has 0 bridgehead atoms. The molecule has 0 spiro atoms. The van der Waals surface area contributed by atoms with Gasteiger partial charge in [-0.1, -0.05) is 25.6 Å². The molecule has 0 N–H and O–H groups in total. The first-order chi connectivity index (χ1) is 8.94. The van der Waals surface area contributed by atoms with Crippen LogP contribution in [0, 0.1) is 11.5 Å². The van der Waals surface area contributed by atoms with Gasteiger partial charge in [-0.3, -0.25) is 0 Å². The van der Waals surface area contributed by atoms with Gasteiger partial charge in [0.05, 0.1) is 0 Å². The van der Waals surface area contributed by atoms with Crippen LogP contribution in [0.1, 0.15) is 5.56 Å². The van der Waals surface area contributed by atoms with Crippen molar-refractivity contribution in [3.63, 3.8) is 0 Å². The van der Waals surface area contributed by atoms with Crippen LogP contribution < -0.4 is 4.90 Å². The van der Waals surface area contributed by atoms with Crippen molar-refractivity contribution >= 4 is 13.8 Å². The van der Waals surface area contributed by atoms with E-state index in [-0.39, 0.29) is 0 Å². The van der Waals surface area contributed by atoms with Crippen LogP contribution in [0.25, 0.3) is 0 Å². The molecule has 0 saturated carbocycles. The predicted octanol–water partition coefficient (Wildman–Crippen LogP) is 2.67. The molecular weight excluding hydrogens is 248 g/mol. The van der Waals surface area contributed by atoms with E-state index in [0.29, 0.717) is 0 Å². The molecule has 0 atom stereocenters. The second-order valence-electron chi connectivity index (χ2n) is 6.34. The Hall–Kier alpha value is -1.24. The van der Waals surface area contributed by atoms with E-state index in [2.05, 4.69) is 72.2 Å². The van der Waals surface area contributed by atoms with E-state index < -0.39 is 8.07 Å². The van der Waals surface area contributed by atoms with Crippen molar-refractivity contribution < 1.29 is 0 Å². The van der Waals surface area contributed by atoms with Crippen molar-refractivity contribution in [3.05, 3.63) is 29.8 Å². The second-order valence-corrected chi connectivity index (χ2v) is 11.1. The molecule has 0 unspecified atom stereocenters. The Morgan fingerprint density at radius 1 is 0.947 bits per heavy atom. The van der Waals surface area contributed by atoms with Crippen molar-refractivity contribution in [2.45, 2.75) is 19.6 Å². The maximum Gasteiger partial charge on any atom is 0.129 e. The molecule has 1 heterocycles. The normalized spacial score (nSPS) is 16.9. The minimum Gasteiger partial charge on any atom is -0.369 e. The van der Waals surface area contributed by atoms with E-state index in [1.165, 1.54) is 5.69 Å². The van der Waals surface area contributed by atoms with Crippen LogP contribution in [0.4, 0.5) is 5.69 Å². The number of piperazine rings is 1. The SMILES string of the molecule is CN1CCN(c2ccc(C#C[Si](C)(C)C)cc2)CC1. The average molecular weight is 272 g/mol. The number of nitrogens with zero attached hydrogens (tertiary/aromatic N) is 2. The summed E-state index contributed by atoms with van der Waals surface area (Å²) in [5.74, 6) is 3.31. The van der Waals surface area contributed by atoms with Gasteiger partial charge in [0.2, 0.25) is 0 Å². The quantitative estimate of drug-likeness (QED) is 0.573. The zero-order valence-corrected chi connectivity index (χ0v) is 13.5. The van der Waals surface area contributed by atoms with Crippen LogP contribution in [0.5, 0.6) is 0 Å². The third-order valence-corrected chi connectivity index (χ3v) is 4.19. The molecule has 2 rings (SSSR count). The van der Waals surface area contributed by atoms with Crippen molar-refractivity contribution in [2.75, 3.05) is 38.1 Å². The molecule has 0 amide bonds. The fourth-order valence-corrected chi connectivity index (χ4v) is 2.60. The predicted molar refractivity (Wildman–Crippen MR) is 86.4 cm³/mol. The summed E-state index contributed by atoms with van der Waals surface area (Å²) in [5.41, 5.74) is 5.88. The Morgan fingerprint density at radius 3 is 2.05 bits per heavy atom. The Kier molecular flexibility index (Phi) is 4.33. The molecule has 1 saturated heterocycles. The van der Waals surface area contributed by atoms with E-state index in [9.17, 15) is 0 Å². The number of likely N-dealkylation sites (N-methyl/N-ethyl adjacent to an activating group) is 1. The summed E-state index contributed by atoms with van der Waals surface area (Å²) < 4.78 is 0. The van der Waals surface area contributed by atoms with Gasteiger partial charge in [-0.25, -0.2) is 0 Å². The molecule has 1 fully saturated rings. The van der Waals surface area contributed by atoms with Gasteiger partial charge in [-0.2, -0.15) is 0 Å². The monoisotopic (exact) mass is 272 g/mol. The zero-order valence-electron chi connectivity index (χ0n) is 12.5. The van der Waals surface area contributed by atoms with Crippen LogP contribution >= 0.6 is 0 Å². The zero-order chi connectivity index (χ0) is 13.9. The second kappa shape index (κ2) is 5.81. The summed E-state index contributed by atoms with van der Waals surface area (Å²) in [6, 6.07) is 8.72. The van der Waals surface area contributed by atoms with E-state index >= 15 is 0 Å². The number of rotatable bonds is 1. The van der Waals surface area contributed by atoms with Gasteiger partial charge in [0.15, 0.2) is 0 Å². The molecule has 0 aromatic heterocycles. The molecule has 19 heavy (non-hydrogen) atoms. The number of hydrogen-bond donors (Lipinski definition) is 0. The van der Waals surface area contributed by atoms with E-state index in [0.717, 1.165) is 31.7 Å². The number of anilines is 1. The van der Waals surface area contributed by atoms with Gasteiger partial charge in [-0.05, 0) is 31.3 Å². The van der Waals surface area contributed by atoms with Crippen LogP contribution in [0.3, 0.4) is 0 Å². The summed E-state index contributed by atoms with van der Waals surface area (Å²) in [7, 11) is 0.916. The van der Waals surface area contributed by atoms with Gasteiger partial charge >= 0.3 is 0 Å². The lowest BCUT2D eigenvalue weighted by Crippen LogP contribution is -2.44. The molecule has 102 valence electrons. The first-order valence-electron chi connectivity index (χ1n) is 7.01. The molecule has 1 aromatic carbocycles. The fraction of sp³-hybridized carbons (Fsp3) is 0.500. The Balaban J connectivity index is 2.04. The maximum absolute atomic E-state index is 3.41. The highest BCUT2D eigenvalue weighted by Gasteiger charge is 2.13. The minimum absolute atomic E-state index is 1.12. The summed E-state index contributed by atoms with van der Waals surface area (Å²) in [6.07, 6.45) is 0. The lowest BCUT2D eigenvalue weighted by molar-refractivity contribution is 0.313. The average Bonchev–Trinajstić information content (AvgIpc) is 2.37. The lowest BCUT2D eigenvalue weighted by Gasteiger charge is -2.34. The number of benzene rings is 1. The summed E-state index contributed by atoms with van der Waals surface area (Å²) in [4.78, 5) is 4.83. The molecular formula is C16H24N2Si. The highest BCUT2D eigenvalue weighted by Crippen LogP contribution is 2.16. The Bertz CT molecular complexity index is 468. The van der Waals surface area contributed by atoms with Crippen molar-refractivity contribution in [1.29, 1.82) is 0 Å². The fourth-order valence-electron chi connectivity index (χ4n) is 2.08. The summed E-state index contributed by atoms with van der Waals surface area (Å²) in [6.45, 7) is 11.4. The highest BCUT2D eigenvalue weighted by molar-refractivity contribution is 6.83. The van der Waals surface area contributed by atoms with Gasteiger partial charge in [-0.15, -0.1) is 5.54 Å². The Labute approximate surface area is 118 Å². The third kappa shape index (κ3) is 4.41. The third-order valence-electron chi connectivity index (χ3n) is 3.32. The molecule has 0 radical (unpaired) electrons. The molecule has 1 aromatic rings. The molecule has 1 aliphatic heterocycles. The van der Waals surface area contributed by atoms with Crippen molar-refractivity contribution in [3.8, 4) is 11.5 Å². The van der Waals surface area contributed by atoms with Crippen LogP contribution in [0.15, 0.2) is 24.3 Å². The van der Waals surface area contributed by atoms with Crippen molar-refractivity contribution in [1.82, 2.24) is 4.90 Å². The standard InChI is InChI=1S/C16H24N2Si/c1-17-10-12-18(13-11-17)16-7-5-15(6-8-16)9-14-19(2,3)4/h5-8H,10-13H2,1-4H3. The molecule has 3 heteroatoms.